The fraction of sp³-hybridized carbons (Fsp3) is 0.0833. The third-order valence-corrected chi connectivity index (χ3v) is 10.5. The van der Waals surface area contributed by atoms with Gasteiger partial charge in [-0.05, 0) is 61.4 Å². The minimum atomic E-state index is -0.398. The summed E-state index contributed by atoms with van der Waals surface area (Å²) in [7, 11) is 0. The molecule has 0 N–H and O–H groups in total. The van der Waals surface area contributed by atoms with E-state index < -0.39 is 9.85 Å². The summed E-state index contributed by atoms with van der Waals surface area (Å²) in [5.41, 5.74) is 2.00. The lowest BCUT2D eigenvalue weighted by Gasteiger charge is -2.01. The van der Waals surface area contributed by atoms with Gasteiger partial charge in [-0.15, -0.1) is 0 Å². The highest BCUT2D eigenvalue weighted by Crippen LogP contribution is 2.60. The van der Waals surface area contributed by atoms with Crippen LogP contribution >= 0.6 is 47.0 Å². The first kappa shape index (κ1) is 24.5. The fourth-order valence-corrected chi connectivity index (χ4v) is 8.30. The molecule has 0 amide bonds. The maximum Gasteiger partial charge on any atom is 0.269 e. The van der Waals surface area contributed by atoms with E-state index in [2.05, 4.69) is 26.0 Å². The van der Waals surface area contributed by atoms with Gasteiger partial charge in [0.1, 0.15) is 0 Å². The Morgan fingerprint density at radius 1 is 0.588 bits per heavy atom. The monoisotopic (exact) mass is 526 g/mol. The van der Waals surface area contributed by atoms with E-state index in [0.29, 0.717) is 0 Å². The van der Waals surface area contributed by atoms with Crippen LogP contribution < -0.4 is 0 Å². The van der Waals surface area contributed by atoms with Crippen molar-refractivity contribution in [2.75, 3.05) is 0 Å². The average molecular weight is 527 g/mol. The average Bonchev–Trinajstić information content (AvgIpc) is 3.38. The van der Waals surface area contributed by atoms with Gasteiger partial charge in [0.05, 0.1) is 18.3 Å². The molecule has 0 saturated heterocycles. The molecule has 0 fully saturated rings. The summed E-state index contributed by atoms with van der Waals surface area (Å²) < 4.78 is 2.49. The third kappa shape index (κ3) is 5.87. The van der Waals surface area contributed by atoms with E-state index in [4.69, 9.17) is 0 Å². The summed E-state index contributed by atoms with van der Waals surface area (Å²) in [5, 5.41) is 21.6. The first-order valence-electron chi connectivity index (χ1n) is 10.0. The molecular weight excluding hydrogens is 509 g/mol. The van der Waals surface area contributed by atoms with E-state index in [1.54, 1.807) is 71.3 Å². The van der Waals surface area contributed by atoms with E-state index >= 15 is 0 Å². The van der Waals surface area contributed by atoms with Crippen LogP contribution in [0.1, 0.15) is 25.0 Å². The molecule has 0 saturated carbocycles. The van der Waals surface area contributed by atoms with E-state index in [9.17, 15) is 20.2 Å². The van der Waals surface area contributed by atoms with Gasteiger partial charge in [0.2, 0.25) is 0 Å². The number of allylic oxidation sites excluding steroid dienone is 4. The van der Waals surface area contributed by atoms with Crippen molar-refractivity contribution in [3.63, 3.8) is 0 Å². The van der Waals surface area contributed by atoms with Crippen molar-refractivity contribution in [2.45, 2.75) is 13.8 Å². The van der Waals surface area contributed by atoms with Crippen molar-refractivity contribution in [1.29, 1.82) is 0 Å². The molecule has 34 heavy (non-hydrogen) atoms. The number of hydrogen-bond acceptors (Lipinski definition) is 8. The molecule has 0 aromatic heterocycles. The molecule has 172 valence electrons. The minimum Gasteiger partial charge on any atom is -0.258 e. The minimum absolute atomic E-state index is 0.0851. The van der Waals surface area contributed by atoms with Gasteiger partial charge in [0.25, 0.3) is 11.4 Å². The van der Waals surface area contributed by atoms with E-state index in [1.807, 2.05) is 12.2 Å². The Kier molecular flexibility index (Phi) is 7.72. The summed E-state index contributed by atoms with van der Waals surface area (Å²) >= 11 is 7.00. The smallest absolute Gasteiger partial charge is 0.258 e. The molecule has 6 nitrogen and oxygen atoms in total. The zero-order valence-electron chi connectivity index (χ0n) is 18.1. The van der Waals surface area contributed by atoms with Gasteiger partial charge in [-0.2, -0.15) is 0 Å². The topological polar surface area (TPSA) is 86.3 Å². The van der Waals surface area contributed by atoms with Crippen molar-refractivity contribution < 1.29 is 9.85 Å². The van der Waals surface area contributed by atoms with Crippen molar-refractivity contribution in [3.05, 3.63) is 120 Å². The first-order valence-corrected chi connectivity index (χ1v) is 13.3. The predicted molar refractivity (Wildman–Crippen MR) is 147 cm³/mol. The highest BCUT2D eigenvalue weighted by atomic mass is 32.2. The van der Waals surface area contributed by atoms with Crippen molar-refractivity contribution in [2.24, 2.45) is 0 Å². The van der Waals surface area contributed by atoms with E-state index in [0.717, 1.165) is 11.1 Å². The van der Waals surface area contributed by atoms with Crippen LogP contribution in [0, 0.1) is 20.2 Å². The summed E-state index contributed by atoms with van der Waals surface area (Å²) in [4.78, 5) is 25.6. The lowest BCUT2D eigenvalue weighted by atomic mass is 10.2. The van der Waals surface area contributed by atoms with Crippen LogP contribution in [0.5, 0.6) is 0 Å². The van der Waals surface area contributed by atoms with Crippen LogP contribution in [0.15, 0.2) is 88.8 Å². The molecular formula is C24H18N2O4S4. The van der Waals surface area contributed by atoms with Gasteiger partial charge in [-0.25, -0.2) is 0 Å². The molecule has 2 heterocycles. The van der Waals surface area contributed by atoms with Crippen molar-refractivity contribution in [3.8, 4) is 0 Å². The van der Waals surface area contributed by atoms with Gasteiger partial charge < -0.3 is 0 Å². The molecule has 10 heteroatoms. The van der Waals surface area contributed by atoms with Gasteiger partial charge in [-0.3, -0.25) is 20.2 Å². The molecule has 2 aromatic carbocycles. The largest absolute Gasteiger partial charge is 0.269 e. The number of rotatable bonds is 6. The lowest BCUT2D eigenvalue weighted by molar-refractivity contribution is -0.385. The van der Waals surface area contributed by atoms with Crippen LogP contribution in [0.2, 0.25) is 0 Å². The van der Waals surface area contributed by atoms with Gasteiger partial charge in [0, 0.05) is 43.9 Å². The molecule has 0 atom stereocenters. The Labute approximate surface area is 213 Å². The number of benzene rings is 2. The molecule has 2 aliphatic heterocycles. The van der Waals surface area contributed by atoms with Crippen LogP contribution in [-0.4, -0.2) is 9.85 Å². The SMILES string of the molecule is CC1=C(/C=C/c2ccc([N+](=O)[O-])cc2)S/C(=C2\SC(C)=C(/C=C/c3ccc([N+](=O)[O-])cc3)S2)S1. The molecule has 2 aromatic rings. The zero-order valence-corrected chi connectivity index (χ0v) is 21.4. The zero-order chi connectivity index (χ0) is 24.2. The quantitative estimate of drug-likeness (QED) is 0.273. The van der Waals surface area contributed by atoms with E-state index in [1.165, 1.54) is 52.4 Å². The number of nitro benzene ring substituents is 2. The maximum atomic E-state index is 10.8. The second kappa shape index (κ2) is 10.7. The molecule has 0 aliphatic carbocycles. The van der Waals surface area contributed by atoms with Gasteiger partial charge >= 0.3 is 0 Å². The summed E-state index contributed by atoms with van der Waals surface area (Å²) in [6.07, 6.45) is 8.06. The number of hydrogen-bond donors (Lipinski definition) is 0. The number of non-ortho nitro benzene ring substituents is 2. The van der Waals surface area contributed by atoms with Crippen molar-refractivity contribution in [1.82, 2.24) is 0 Å². The van der Waals surface area contributed by atoms with Gasteiger partial charge in [0.15, 0.2) is 0 Å². The highest BCUT2D eigenvalue weighted by molar-refractivity contribution is 8.34. The number of nitro groups is 2. The lowest BCUT2D eigenvalue weighted by Crippen LogP contribution is -1.86. The maximum absolute atomic E-state index is 10.8. The predicted octanol–water partition coefficient (Wildman–Crippen LogP) is 8.78. The summed E-state index contributed by atoms with van der Waals surface area (Å²) in [6.45, 7) is 4.20. The number of thioether (sulfide) groups is 4. The Bertz CT molecular complexity index is 1210. The highest BCUT2D eigenvalue weighted by Gasteiger charge is 2.25. The number of nitrogens with zero attached hydrogens (tertiary/aromatic N) is 2. The van der Waals surface area contributed by atoms with Gasteiger partial charge in [-0.1, -0.05) is 59.2 Å². The molecule has 0 radical (unpaired) electrons. The Morgan fingerprint density at radius 2 is 0.941 bits per heavy atom. The first-order chi connectivity index (χ1) is 16.3. The normalized spacial score (nSPS) is 18.6. The second-order valence-electron chi connectivity index (χ2n) is 7.19. The molecule has 0 unspecified atom stereocenters. The van der Waals surface area contributed by atoms with Crippen LogP contribution in [0.25, 0.3) is 12.2 Å². The molecule has 2 aliphatic rings. The van der Waals surface area contributed by atoms with E-state index in [-0.39, 0.29) is 11.4 Å². The van der Waals surface area contributed by atoms with Crippen LogP contribution in [0.4, 0.5) is 11.4 Å². The third-order valence-electron chi connectivity index (χ3n) is 4.82. The Hall–Kier alpha value is -2.66. The second-order valence-corrected chi connectivity index (χ2v) is 12.3. The Balaban J connectivity index is 1.40. The fourth-order valence-electron chi connectivity index (χ4n) is 2.99. The van der Waals surface area contributed by atoms with Crippen LogP contribution in [0.3, 0.4) is 0 Å². The molecule has 4 rings (SSSR count). The molecule has 0 bridgehead atoms. The van der Waals surface area contributed by atoms with Crippen LogP contribution in [-0.2, 0) is 0 Å². The summed E-state index contributed by atoms with van der Waals surface area (Å²) in [6, 6.07) is 13.0. The standard InChI is InChI=1S/C24H18N2O4S4/c1-15-21(13-7-17-3-9-19(10-4-17)25(27)28)33-23(31-15)24-32-16(2)22(34-24)14-8-18-5-11-20(12-6-18)26(29)30/h3-14H,1-2H3/b13-7+,14-8+,24-23+. The Morgan fingerprint density at radius 3 is 1.26 bits per heavy atom. The van der Waals surface area contributed by atoms with Crippen molar-refractivity contribution >= 4 is 70.6 Å². The molecule has 0 spiro atoms. The summed E-state index contributed by atoms with van der Waals surface area (Å²) in [5.74, 6) is 0.